The van der Waals surface area contributed by atoms with Crippen LogP contribution in [0.5, 0.6) is 0 Å². The van der Waals surface area contributed by atoms with Crippen LogP contribution in [0.2, 0.25) is 0 Å². The summed E-state index contributed by atoms with van der Waals surface area (Å²) in [5, 5.41) is 3.28. The van der Waals surface area contributed by atoms with Crippen LogP contribution < -0.4 is 16.0 Å². The highest BCUT2D eigenvalue weighted by Crippen LogP contribution is 2.60. The highest BCUT2D eigenvalue weighted by molar-refractivity contribution is 5.83. The van der Waals surface area contributed by atoms with Gasteiger partial charge in [-0.15, -0.1) is 0 Å². The van der Waals surface area contributed by atoms with Gasteiger partial charge in [-0.25, -0.2) is 0 Å². The monoisotopic (exact) mass is 506 g/mol. The molecule has 5 fully saturated rings. The van der Waals surface area contributed by atoms with E-state index in [1.807, 2.05) is 4.90 Å². The normalized spacial score (nSPS) is 30.1. The number of piperazine rings is 1. The Labute approximate surface area is 213 Å². The molecular weight excluding hydrogens is 465 g/mol. The Hall–Kier alpha value is -1.96. The fraction of sp³-hybridized carbons (Fsp3) is 0.750. The smallest absolute Gasteiger partial charge is 0.398 e. The molecule has 1 saturated heterocycles. The van der Waals surface area contributed by atoms with Crippen molar-refractivity contribution >= 4 is 17.3 Å². The molecule has 36 heavy (non-hydrogen) atoms. The van der Waals surface area contributed by atoms with Crippen LogP contribution in [0.25, 0.3) is 0 Å². The Morgan fingerprint density at radius 1 is 0.944 bits per heavy atom. The number of nitrogens with one attached hydrogen (secondary N) is 1. The average Bonchev–Trinajstić information content (AvgIpc) is 2.82. The second-order valence-corrected chi connectivity index (χ2v) is 12.0. The van der Waals surface area contributed by atoms with Crippen LogP contribution >= 0.6 is 0 Å². The van der Waals surface area contributed by atoms with E-state index >= 15 is 0 Å². The summed E-state index contributed by atoms with van der Waals surface area (Å²) < 4.78 is 39.5. The van der Waals surface area contributed by atoms with Crippen LogP contribution in [0, 0.1) is 23.2 Å². The maximum absolute atomic E-state index is 13.2. The molecule has 1 aromatic rings. The summed E-state index contributed by atoms with van der Waals surface area (Å²) in [4.78, 5) is 17.4. The zero-order valence-electron chi connectivity index (χ0n) is 21.3. The van der Waals surface area contributed by atoms with Gasteiger partial charge in [0, 0.05) is 49.5 Å². The molecule has 3 N–H and O–H groups in total. The summed E-state index contributed by atoms with van der Waals surface area (Å²) in [6.45, 7) is 4.96. The van der Waals surface area contributed by atoms with E-state index in [1.54, 1.807) is 6.07 Å². The van der Waals surface area contributed by atoms with Gasteiger partial charge in [-0.2, -0.15) is 13.2 Å². The second kappa shape index (κ2) is 10.4. The van der Waals surface area contributed by atoms with Gasteiger partial charge in [0.1, 0.15) is 0 Å². The lowest BCUT2D eigenvalue weighted by Gasteiger charge is -2.55. The van der Waals surface area contributed by atoms with Crippen LogP contribution in [0.1, 0.15) is 69.8 Å². The summed E-state index contributed by atoms with van der Waals surface area (Å²) in [7, 11) is 0. The average molecular weight is 507 g/mol. The number of anilines is 2. The largest absolute Gasteiger partial charge is 0.418 e. The van der Waals surface area contributed by atoms with E-state index in [9.17, 15) is 18.0 Å². The number of unbranched alkanes of at least 4 members (excludes halogenated alkanes) is 3. The minimum Gasteiger partial charge on any atom is -0.398 e. The molecule has 1 amide bonds. The molecule has 4 saturated carbocycles. The molecule has 0 spiro atoms. The first-order chi connectivity index (χ1) is 17.2. The molecule has 1 aliphatic heterocycles. The Balaban J connectivity index is 0.954. The Morgan fingerprint density at radius 2 is 1.56 bits per heavy atom. The number of halogens is 3. The first-order valence-electron chi connectivity index (χ1n) is 13.9. The van der Waals surface area contributed by atoms with Crippen LogP contribution in [-0.4, -0.2) is 50.1 Å². The summed E-state index contributed by atoms with van der Waals surface area (Å²) >= 11 is 0. The van der Waals surface area contributed by atoms with Crippen molar-refractivity contribution in [1.82, 2.24) is 10.2 Å². The molecule has 4 aliphatic carbocycles. The molecule has 0 atom stereocenters. The topological polar surface area (TPSA) is 61.6 Å². The number of nitrogen functional groups attached to an aromatic ring is 1. The quantitative estimate of drug-likeness (QED) is 0.352. The molecule has 0 radical (unpaired) electrons. The Morgan fingerprint density at radius 3 is 2.17 bits per heavy atom. The number of nitrogens with zero attached hydrogens (tertiary/aromatic N) is 2. The van der Waals surface area contributed by atoms with Crippen molar-refractivity contribution in [3.63, 3.8) is 0 Å². The zero-order valence-corrected chi connectivity index (χ0v) is 21.3. The van der Waals surface area contributed by atoms with Gasteiger partial charge in [0.05, 0.1) is 5.56 Å². The predicted molar refractivity (Wildman–Crippen MR) is 137 cm³/mol. The molecule has 200 valence electrons. The third-order valence-corrected chi connectivity index (χ3v) is 9.29. The Bertz CT molecular complexity index is 891. The van der Waals surface area contributed by atoms with Gasteiger partial charge in [-0.3, -0.25) is 9.69 Å². The van der Waals surface area contributed by atoms with Gasteiger partial charge < -0.3 is 16.0 Å². The van der Waals surface area contributed by atoms with Gasteiger partial charge in [0.25, 0.3) is 0 Å². The van der Waals surface area contributed by atoms with E-state index in [4.69, 9.17) is 5.73 Å². The standard InChI is InChI=1S/C28H41F3N4O/c29-28(30,31)24-16-23(5-6-25(24)32)35-11-9-34(10-12-35)8-4-2-1-3-7-33-26(36)27-17-20-13-21(18-27)15-22(14-20)19-27/h5-6,16,20-22H,1-4,7-15,17-19,32H2,(H,33,36). The number of amides is 1. The predicted octanol–water partition coefficient (Wildman–Crippen LogP) is 5.30. The van der Waals surface area contributed by atoms with Crippen molar-refractivity contribution in [2.75, 3.05) is 49.9 Å². The second-order valence-electron chi connectivity index (χ2n) is 12.0. The van der Waals surface area contributed by atoms with Crippen molar-refractivity contribution in [2.45, 2.75) is 70.4 Å². The van der Waals surface area contributed by atoms with E-state index in [0.29, 0.717) is 11.6 Å². The van der Waals surface area contributed by atoms with E-state index in [0.717, 1.165) is 102 Å². The van der Waals surface area contributed by atoms with Crippen LogP contribution in [-0.2, 0) is 11.0 Å². The fourth-order valence-corrected chi connectivity index (χ4v) is 7.81. The minimum absolute atomic E-state index is 0.0441. The Kier molecular flexibility index (Phi) is 7.44. The lowest BCUT2D eigenvalue weighted by atomic mass is 9.49. The zero-order chi connectivity index (χ0) is 25.3. The van der Waals surface area contributed by atoms with Crippen molar-refractivity contribution in [3.8, 4) is 0 Å². The van der Waals surface area contributed by atoms with Gasteiger partial charge in [0.2, 0.25) is 5.91 Å². The number of carbonyl (C=O) groups excluding carboxylic acids is 1. The molecule has 0 unspecified atom stereocenters. The van der Waals surface area contributed by atoms with E-state index in [2.05, 4.69) is 10.2 Å². The number of hydrogen-bond acceptors (Lipinski definition) is 4. The first kappa shape index (κ1) is 25.7. The van der Waals surface area contributed by atoms with Gasteiger partial charge in [-0.05, 0) is 93.9 Å². The highest BCUT2D eigenvalue weighted by Gasteiger charge is 2.54. The molecule has 5 aliphatic rings. The van der Waals surface area contributed by atoms with E-state index in [-0.39, 0.29) is 11.1 Å². The van der Waals surface area contributed by atoms with Crippen molar-refractivity contribution in [1.29, 1.82) is 0 Å². The molecule has 8 heteroatoms. The molecule has 1 aromatic carbocycles. The molecule has 0 aromatic heterocycles. The van der Waals surface area contributed by atoms with Crippen molar-refractivity contribution < 1.29 is 18.0 Å². The van der Waals surface area contributed by atoms with Crippen LogP contribution in [0.4, 0.5) is 24.5 Å². The number of rotatable bonds is 9. The number of alkyl halides is 3. The number of benzene rings is 1. The molecule has 4 bridgehead atoms. The van der Waals surface area contributed by atoms with E-state index in [1.165, 1.54) is 31.4 Å². The summed E-state index contributed by atoms with van der Waals surface area (Å²) in [5.41, 5.74) is 5.10. The summed E-state index contributed by atoms with van der Waals surface area (Å²) in [5.74, 6) is 2.73. The molecule has 6 rings (SSSR count). The lowest BCUT2D eigenvalue weighted by Crippen LogP contribution is -2.53. The number of hydrogen-bond donors (Lipinski definition) is 2. The lowest BCUT2D eigenvalue weighted by molar-refractivity contribution is -0.146. The van der Waals surface area contributed by atoms with Crippen LogP contribution in [0.15, 0.2) is 18.2 Å². The summed E-state index contributed by atoms with van der Waals surface area (Å²) in [6.07, 6.45) is 7.44. The highest BCUT2D eigenvalue weighted by atomic mass is 19.4. The van der Waals surface area contributed by atoms with Crippen molar-refractivity contribution in [2.24, 2.45) is 23.2 Å². The first-order valence-corrected chi connectivity index (χ1v) is 13.9. The third kappa shape index (κ3) is 5.63. The van der Waals surface area contributed by atoms with Gasteiger partial charge >= 0.3 is 6.18 Å². The molecular formula is C28H41F3N4O. The fourth-order valence-electron chi connectivity index (χ4n) is 7.81. The number of nitrogens with two attached hydrogens (primary N) is 1. The third-order valence-electron chi connectivity index (χ3n) is 9.29. The van der Waals surface area contributed by atoms with E-state index < -0.39 is 11.7 Å². The SMILES string of the molecule is Nc1ccc(N2CCN(CCCCCCNC(=O)C34CC5CC(CC(C5)C3)C4)CC2)cc1C(F)(F)F. The van der Waals surface area contributed by atoms with Gasteiger partial charge in [-0.1, -0.05) is 12.8 Å². The minimum atomic E-state index is -4.43. The summed E-state index contributed by atoms with van der Waals surface area (Å²) in [6, 6.07) is 4.21. The molecule has 5 nitrogen and oxygen atoms in total. The van der Waals surface area contributed by atoms with Gasteiger partial charge in [0.15, 0.2) is 0 Å². The van der Waals surface area contributed by atoms with Crippen LogP contribution in [0.3, 0.4) is 0 Å². The molecule has 1 heterocycles. The maximum atomic E-state index is 13.2. The maximum Gasteiger partial charge on any atom is 0.418 e. The van der Waals surface area contributed by atoms with Crippen molar-refractivity contribution in [3.05, 3.63) is 23.8 Å². The number of carbonyl (C=O) groups is 1.